The van der Waals surface area contributed by atoms with Crippen molar-refractivity contribution in [1.29, 1.82) is 0 Å². The van der Waals surface area contributed by atoms with E-state index >= 15 is 0 Å². The SMILES string of the molecule is C.CN(C(=O)c1ccc2c(c1)nc(NC(=O)c1ccc(C(F)F)s1)n2C1CC(N)C1)C1CCCCC1.CN(C(=O)c1ccc2c(c1)nc(NC(=O)c1ccc(C(F)F)s1)n2C1CC(NC(=O)OC(C)(C)C)C1)C1CCCCC1.Cl.O=C(O)c1ccc(C(F)F)s1. The Labute approximate surface area is 535 Å². The number of nitrogens with one attached hydrogen (secondary N) is 3. The molecule has 4 aliphatic carbocycles. The number of nitrogens with two attached hydrogens (primary N) is 1. The number of thiophene rings is 3. The van der Waals surface area contributed by atoms with Crippen LogP contribution in [-0.2, 0) is 4.74 Å². The molecule has 0 aliphatic heterocycles. The molecule has 488 valence electrons. The number of fused-ring (bicyclic) bond motifs is 2. The van der Waals surface area contributed by atoms with E-state index in [0.29, 0.717) is 52.3 Å². The molecule has 5 aromatic heterocycles. The highest BCUT2D eigenvalue weighted by atomic mass is 35.5. The van der Waals surface area contributed by atoms with Crippen LogP contribution in [0.3, 0.4) is 0 Å². The topological polar surface area (TPSA) is 236 Å². The summed E-state index contributed by atoms with van der Waals surface area (Å²) in [4.78, 5) is 87.6. The highest BCUT2D eigenvalue weighted by Gasteiger charge is 2.37. The summed E-state index contributed by atoms with van der Waals surface area (Å²) in [5.74, 6) is -1.72. The van der Waals surface area contributed by atoms with E-state index < -0.39 is 48.8 Å². The molecule has 0 saturated heterocycles. The third kappa shape index (κ3) is 16.9. The maximum Gasteiger partial charge on any atom is 0.407 e. The van der Waals surface area contributed by atoms with Gasteiger partial charge in [0.25, 0.3) is 42.9 Å². The molecule has 4 aliphatic rings. The Morgan fingerprint density at radius 1 is 0.600 bits per heavy atom. The summed E-state index contributed by atoms with van der Waals surface area (Å²) in [6.45, 7) is 5.39. The van der Waals surface area contributed by atoms with E-state index in [0.717, 1.165) is 104 Å². The molecule has 11 rings (SSSR count). The van der Waals surface area contributed by atoms with Crippen molar-refractivity contribution in [2.75, 3.05) is 24.7 Å². The smallest absolute Gasteiger partial charge is 0.407 e. The van der Waals surface area contributed by atoms with Gasteiger partial charge in [-0.1, -0.05) is 46.0 Å². The number of carbonyl (C=O) groups is 6. The third-order valence-corrected chi connectivity index (χ3v) is 19.4. The van der Waals surface area contributed by atoms with Gasteiger partial charge in [-0.2, -0.15) is 0 Å². The lowest BCUT2D eigenvalue weighted by atomic mass is 9.86. The van der Waals surface area contributed by atoms with Crippen LogP contribution in [0.25, 0.3) is 22.1 Å². The van der Waals surface area contributed by atoms with Gasteiger partial charge in [0.15, 0.2) is 0 Å². The minimum Gasteiger partial charge on any atom is -0.477 e. The molecule has 18 nitrogen and oxygen atoms in total. The van der Waals surface area contributed by atoms with E-state index in [4.69, 9.17) is 15.6 Å². The van der Waals surface area contributed by atoms with E-state index in [-0.39, 0.29) is 103 Å². The Bertz CT molecular complexity index is 3650. The number of carboxylic acid groups (broad SMARTS) is 1. The number of halogens is 7. The van der Waals surface area contributed by atoms with Gasteiger partial charge in [0.2, 0.25) is 11.9 Å². The molecule has 0 unspecified atom stereocenters. The second kappa shape index (κ2) is 30.4. The highest BCUT2D eigenvalue weighted by molar-refractivity contribution is 7.14. The first kappa shape index (κ1) is 70.4. The molecule has 7 aromatic rings. The minimum absolute atomic E-state index is 0. The Kier molecular flexibility index (Phi) is 23.8. The lowest BCUT2D eigenvalue weighted by Gasteiger charge is -2.37. The molecule has 90 heavy (non-hydrogen) atoms. The number of alkyl carbamates (subject to hydrolysis) is 1. The number of ether oxygens (including phenoxy) is 1. The molecule has 4 saturated carbocycles. The number of carboxylic acids is 1. The van der Waals surface area contributed by atoms with Gasteiger partial charge in [0, 0.05) is 61.5 Å². The van der Waals surface area contributed by atoms with Crippen LogP contribution < -0.4 is 21.7 Å². The number of aromatic nitrogens is 4. The highest BCUT2D eigenvalue weighted by Crippen LogP contribution is 2.41. The van der Waals surface area contributed by atoms with Gasteiger partial charge in [0.1, 0.15) is 10.5 Å². The van der Waals surface area contributed by atoms with Crippen molar-refractivity contribution in [2.45, 2.75) is 179 Å². The fourth-order valence-electron chi connectivity index (χ4n) is 11.4. The molecular weight excluding hydrogens is 1260 g/mol. The summed E-state index contributed by atoms with van der Waals surface area (Å²) in [5, 5.41) is 16.8. The van der Waals surface area contributed by atoms with Crippen molar-refractivity contribution >= 4 is 116 Å². The van der Waals surface area contributed by atoms with Crippen molar-refractivity contribution in [3.63, 3.8) is 0 Å². The van der Waals surface area contributed by atoms with Gasteiger partial charge in [-0.05, 0) is 145 Å². The molecule has 2 aromatic carbocycles. The maximum absolute atomic E-state index is 13.4. The first-order valence-electron chi connectivity index (χ1n) is 29.1. The number of alkyl halides is 6. The zero-order valence-electron chi connectivity index (χ0n) is 49.5. The molecule has 0 atom stereocenters. The van der Waals surface area contributed by atoms with Gasteiger partial charge in [0.05, 0.1) is 46.5 Å². The minimum atomic E-state index is -2.66. The van der Waals surface area contributed by atoms with Crippen molar-refractivity contribution < 1.29 is 65.0 Å². The third-order valence-electron chi connectivity index (χ3n) is 16.1. The Balaban J connectivity index is 0.000000217. The molecule has 28 heteroatoms. The Hall–Kier alpha value is -7.07. The normalized spacial score (nSPS) is 18.4. The number of amides is 5. The number of imidazole rings is 2. The molecular formula is C62H75ClF6N10O8S3. The van der Waals surface area contributed by atoms with Crippen molar-refractivity contribution in [1.82, 2.24) is 34.2 Å². The molecule has 0 radical (unpaired) electrons. The lowest BCUT2D eigenvalue weighted by molar-refractivity contribution is 0.0456. The number of benzene rings is 2. The molecule has 4 fully saturated rings. The molecule has 5 heterocycles. The van der Waals surface area contributed by atoms with Crippen LogP contribution in [0.15, 0.2) is 72.8 Å². The summed E-state index contributed by atoms with van der Waals surface area (Å²) >= 11 is 2.10. The molecule has 5 amide bonds. The van der Waals surface area contributed by atoms with E-state index in [2.05, 4.69) is 25.9 Å². The second-order valence-electron chi connectivity index (χ2n) is 23.5. The quantitative estimate of drug-likeness (QED) is 0.0605. The van der Waals surface area contributed by atoms with Gasteiger partial charge < -0.3 is 39.8 Å². The van der Waals surface area contributed by atoms with Gasteiger partial charge >= 0.3 is 12.1 Å². The van der Waals surface area contributed by atoms with E-state index in [9.17, 15) is 55.1 Å². The molecule has 0 spiro atoms. The number of aromatic carboxylic acids is 1. The first-order valence-corrected chi connectivity index (χ1v) is 31.6. The average Bonchev–Trinajstić information content (AvgIpc) is 1.66. The van der Waals surface area contributed by atoms with Crippen LogP contribution in [0, 0.1) is 0 Å². The predicted octanol–water partition coefficient (Wildman–Crippen LogP) is 15.7. The van der Waals surface area contributed by atoms with Crippen molar-refractivity contribution in [3.05, 3.63) is 113 Å². The summed E-state index contributed by atoms with van der Waals surface area (Å²) in [5.41, 5.74) is 9.13. The summed E-state index contributed by atoms with van der Waals surface area (Å²) < 4.78 is 85.1. The zero-order chi connectivity index (χ0) is 63.3. The largest absolute Gasteiger partial charge is 0.477 e. The Morgan fingerprint density at radius 2 is 0.978 bits per heavy atom. The van der Waals surface area contributed by atoms with Crippen LogP contribution in [0.4, 0.5) is 43.0 Å². The first-order chi connectivity index (χ1) is 41.8. The van der Waals surface area contributed by atoms with Crippen molar-refractivity contribution in [3.8, 4) is 0 Å². The van der Waals surface area contributed by atoms with Crippen LogP contribution in [0.5, 0.6) is 0 Å². The van der Waals surface area contributed by atoms with Crippen LogP contribution in [0.2, 0.25) is 0 Å². The Morgan fingerprint density at radius 3 is 1.32 bits per heavy atom. The number of rotatable bonds is 15. The van der Waals surface area contributed by atoms with E-state index in [1.807, 2.05) is 45.2 Å². The van der Waals surface area contributed by atoms with Crippen molar-refractivity contribution in [2.24, 2.45) is 5.73 Å². The number of carbonyl (C=O) groups excluding carboxylic acids is 5. The van der Waals surface area contributed by atoms with Gasteiger partial charge in [-0.25, -0.2) is 45.9 Å². The summed E-state index contributed by atoms with van der Waals surface area (Å²) in [6.07, 6.45) is 5.24. The summed E-state index contributed by atoms with van der Waals surface area (Å²) in [6, 6.07) is 18.7. The number of anilines is 2. The van der Waals surface area contributed by atoms with Crippen LogP contribution >= 0.6 is 46.4 Å². The molecule has 0 bridgehead atoms. The predicted molar refractivity (Wildman–Crippen MR) is 340 cm³/mol. The fourth-order valence-corrected chi connectivity index (χ4v) is 13.6. The van der Waals surface area contributed by atoms with Crippen LogP contribution in [0.1, 0.15) is 214 Å². The van der Waals surface area contributed by atoms with Gasteiger partial charge in [-0.3, -0.25) is 29.8 Å². The monoisotopic (exact) mass is 1330 g/mol. The fraction of sp³-hybridized carbons (Fsp3) is 0.484. The maximum atomic E-state index is 13.4. The number of hydrogen-bond acceptors (Lipinski definition) is 13. The standard InChI is InChI=1S/C30H37F2N5O4S.C25H29F2N5O2S.C6H4F2O2S.CH4.ClH/c1-30(2,3)41-29(40)33-18-15-20(16-18)37-22-11-10-17(27(39)36(4)19-8-6-5-7-9-19)14-21(22)34-28(37)35-26(38)24-13-12-23(42-24)25(31)32;1-31(16-5-3-2-4-6-16)24(34)14-7-8-19-18(11-14)29-25(32(19)17-12-15(28)13-17)30-23(33)21-10-9-20(35-21)22(26)27;7-5(8)3-1-2-4(11-3)6(9)10;;/h10-14,18-20,25H,5-9,15-16H2,1-4H3,(H,33,40)(H,34,35,38);7-11,15-17,22H,2-6,12-13,28H2,1H3,(H,29,30,33);1-2,5H,(H,9,10);1H4;1H. The number of hydrogen-bond donors (Lipinski definition) is 5. The summed E-state index contributed by atoms with van der Waals surface area (Å²) in [7, 11) is 3.70. The zero-order valence-corrected chi connectivity index (χ0v) is 52.8. The van der Waals surface area contributed by atoms with Crippen LogP contribution in [-0.4, -0.2) is 114 Å². The number of nitrogens with zero attached hydrogens (tertiary/aromatic N) is 6. The second-order valence-corrected chi connectivity index (χ2v) is 26.9. The average molecular weight is 1330 g/mol. The van der Waals surface area contributed by atoms with E-state index in [1.54, 1.807) is 45.0 Å². The van der Waals surface area contributed by atoms with Gasteiger partial charge in [-0.15, -0.1) is 46.4 Å². The molecule has 6 N–H and O–H groups in total. The van der Waals surface area contributed by atoms with E-state index in [1.165, 1.54) is 43.2 Å². The lowest BCUT2D eigenvalue weighted by Crippen LogP contribution is -2.46.